The van der Waals surface area contributed by atoms with E-state index in [1.807, 2.05) is 48.2 Å². The Bertz CT molecular complexity index is 1800. The molecule has 0 unspecified atom stereocenters. The average molecular weight is 766 g/mol. The molecular formula is C47H59NO6S. The predicted octanol–water partition coefficient (Wildman–Crippen LogP) is 10.6. The second-order valence-electron chi connectivity index (χ2n) is 15.9. The molecular weight excluding hydrogens is 707 g/mol. The van der Waals surface area contributed by atoms with Crippen molar-refractivity contribution in [1.82, 2.24) is 0 Å². The number of nitrogens with zero attached hydrogens (tertiary/aromatic N) is 1. The van der Waals surface area contributed by atoms with Crippen molar-refractivity contribution in [3.8, 4) is 17.2 Å². The van der Waals surface area contributed by atoms with Crippen molar-refractivity contribution in [2.24, 2.45) is 22.9 Å². The summed E-state index contributed by atoms with van der Waals surface area (Å²) in [6.45, 7) is 9.43. The molecule has 8 heteroatoms. The van der Waals surface area contributed by atoms with Gasteiger partial charge in [-0.15, -0.1) is 18.3 Å². The Kier molecular flexibility index (Phi) is 13.4. The molecule has 3 aliphatic carbocycles. The van der Waals surface area contributed by atoms with E-state index >= 15 is 0 Å². The van der Waals surface area contributed by atoms with E-state index < -0.39 is 5.79 Å². The molecule has 55 heavy (non-hydrogen) atoms. The number of benzene rings is 3. The number of fused-ring (bicyclic) bond motifs is 2. The highest BCUT2D eigenvalue weighted by Gasteiger charge is 2.64. The Morgan fingerprint density at radius 1 is 0.909 bits per heavy atom. The van der Waals surface area contributed by atoms with E-state index in [4.69, 9.17) is 24.2 Å². The van der Waals surface area contributed by atoms with Gasteiger partial charge in [-0.3, -0.25) is 0 Å². The number of aliphatic hydroxyl groups excluding tert-OH is 2. The molecule has 2 saturated carbocycles. The van der Waals surface area contributed by atoms with Crippen molar-refractivity contribution < 1.29 is 29.3 Å². The lowest BCUT2D eigenvalue weighted by molar-refractivity contribution is -0.223. The monoisotopic (exact) mass is 765 g/mol. The number of hydrogen-bond donors (Lipinski definition) is 2. The van der Waals surface area contributed by atoms with Gasteiger partial charge in [-0.05, 0) is 117 Å². The number of thioether (sulfide) groups is 1. The first-order chi connectivity index (χ1) is 26.9. The van der Waals surface area contributed by atoms with E-state index in [9.17, 15) is 10.2 Å². The summed E-state index contributed by atoms with van der Waals surface area (Å²) in [6, 6.07) is 22.8. The number of ether oxygens (including phenoxy) is 3. The molecule has 2 fully saturated rings. The normalized spacial score (nSPS) is 26.5. The fraction of sp³-hybridized carbons (Fsp3) is 0.511. The summed E-state index contributed by atoms with van der Waals surface area (Å²) < 4.78 is 21.1. The summed E-state index contributed by atoms with van der Waals surface area (Å²) >= 11 is 2.02. The minimum absolute atomic E-state index is 0.0251. The molecule has 3 aromatic carbocycles. The van der Waals surface area contributed by atoms with Crippen LogP contribution < -0.4 is 9.47 Å². The van der Waals surface area contributed by atoms with Crippen LogP contribution in [-0.2, 0) is 16.2 Å². The lowest BCUT2D eigenvalue weighted by Crippen LogP contribution is -2.64. The lowest BCUT2D eigenvalue weighted by Gasteiger charge is -2.58. The van der Waals surface area contributed by atoms with Gasteiger partial charge >= 0.3 is 0 Å². The fourth-order valence-electron chi connectivity index (χ4n) is 9.44. The van der Waals surface area contributed by atoms with Gasteiger partial charge in [0.1, 0.15) is 23.9 Å². The summed E-state index contributed by atoms with van der Waals surface area (Å²) in [4.78, 5) is 6.23. The molecule has 0 spiro atoms. The molecule has 7 nitrogen and oxygen atoms in total. The van der Waals surface area contributed by atoms with Gasteiger partial charge < -0.3 is 29.3 Å². The molecule has 4 aliphatic rings. The summed E-state index contributed by atoms with van der Waals surface area (Å²) in [5, 5.41) is 25.3. The van der Waals surface area contributed by atoms with Gasteiger partial charge in [0.15, 0.2) is 0 Å². The van der Waals surface area contributed by atoms with E-state index in [2.05, 4.69) is 62.9 Å². The zero-order valence-electron chi connectivity index (χ0n) is 32.7. The summed E-state index contributed by atoms with van der Waals surface area (Å²) in [7, 11) is 0. The Morgan fingerprint density at radius 2 is 1.65 bits per heavy atom. The highest BCUT2D eigenvalue weighted by Crippen LogP contribution is 2.63. The minimum Gasteiger partial charge on any atom is -0.460 e. The number of aliphatic hydroxyl groups is 2. The minimum atomic E-state index is -0.953. The zero-order chi connectivity index (χ0) is 38.2. The highest BCUT2D eigenvalue weighted by molar-refractivity contribution is 8.00. The molecule has 0 amide bonds. The third-order valence-corrected chi connectivity index (χ3v) is 13.9. The second-order valence-corrected chi connectivity index (χ2v) is 17.4. The molecule has 0 bridgehead atoms. The van der Waals surface area contributed by atoms with Crippen LogP contribution in [0.3, 0.4) is 0 Å². The van der Waals surface area contributed by atoms with Crippen LogP contribution in [0.1, 0.15) is 98.8 Å². The molecule has 0 saturated heterocycles. The van der Waals surface area contributed by atoms with Crippen LogP contribution in [0.2, 0.25) is 0 Å². The fourth-order valence-corrected chi connectivity index (χ4v) is 11.2. The highest BCUT2D eigenvalue weighted by atomic mass is 32.2. The first kappa shape index (κ1) is 39.7. The topological polar surface area (TPSA) is 89.7 Å². The van der Waals surface area contributed by atoms with E-state index in [0.717, 1.165) is 78.2 Å². The van der Waals surface area contributed by atoms with Crippen LogP contribution in [0, 0.1) is 31.6 Å². The number of oxime groups is 1. The van der Waals surface area contributed by atoms with Crippen LogP contribution in [0.5, 0.6) is 17.2 Å². The SMILES string of the molecule is C=CCO[C@@]12Oc3ccc(Oc4ccc(C)c(C)c4)cc3[C@H]3[C@H](CCCCO)[C@@H](CCCCO)C=C(C(=NOCc4ccccc4)C[C@@H]1SC1CCCC1)[C@H]32. The van der Waals surface area contributed by atoms with Crippen LogP contribution in [0.15, 0.2) is 96.2 Å². The van der Waals surface area contributed by atoms with Crippen molar-refractivity contribution in [3.63, 3.8) is 0 Å². The number of hydrogen-bond acceptors (Lipinski definition) is 8. The first-order valence-electron chi connectivity index (χ1n) is 20.6. The zero-order valence-corrected chi connectivity index (χ0v) is 33.5. The Hall–Kier alpha value is -3.56. The van der Waals surface area contributed by atoms with Crippen molar-refractivity contribution in [2.75, 3.05) is 19.8 Å². The van der Waals surface area contributed by atoms with Gasteiger partial charge in [0.2, 0.25) is 5.79 Å². The molecule has 7 rings (SSSR count). The van der Waals surface area contributed by atoms with Gasteiger partial charge in [0.25, 0.3) is 0 Å². The van der Waals surface area contributed by atoms with Crippen LogP contribution >= 0.6 is 11.8 Å². The van der Waals surface area contributed by atoms with E-state index in [1.165, 1.54) is 36.8 Å². The van der Waals surface area contributed by atoms with Crippen LogP contribution in [0.25, 0.3) is 0 Å². The van der Waals surface area contributed by atoms with E-state index in [0.29, 0.717) is 24.9 Å². The quantitative estimate of drug-likeness (QED) is 0.0757. The average Bonchev–Trinajstić information content (AvgIpc) is 3.71. The third-order valence-electron chi connectivity index (χ3n) is 12.2. The maximum Gasteiger partial charge on any atom is 0.230 e. The summed E-state index contributed by atoms with van der Waals surface area (Å²) in [6.07, 6.45) is 15.1. The molecule has 2 N–H and O–H groups in total. The summed E-state index contributed by atoms with van der Waals surface area (Å²) in [5.74, 6) is 1.82. The standard InChI is InChI=1S/C47H59NO6S/c1-4-26-51-47-44(55-38-17-8-9-18-38)30-42(48-52-31-34-14-6-5-7-15-34)40-28-35(16-10-12-24-49)39(19-11-13-25-50)45(46(40)47)41-29-37(22-23-43(41)54-47)53-36-21-20-32(2)33(3)27-36/h4-7,14-15,20-23,27-29,35,38-39,44-46,49-50H,1,8-13,16-19,24-26,30-31H2,2-3H3/t35-,39+,44-,45+,46+,47+/m0/s1. The Morgan fingerprint density at radius 3 is 2.40 bits per heavy atom. The lowest BCUT2D eigenvalue weighted by atomic mass is 9.56. The van der Waals surface area contributed by atoms with Gasteiger partial charge in [-0.1, -0.05) is 79.4 Å². The van der Waals surface area contributed by atoms with Gasteiger partial charge in [-0.2, -0.15) is 0 Å². The molecule has 1 aliphatic heterocycles. The van der Waals surface area contributed by atoms with Gasteiger partial charge in [0, 0.05) is 36.4 Å². The molecule has 3 aromatic rings. The molecule has 294 valence electrons. The molecule has 1 heterocycles. The van der Waals surface area contributed by atoms with Crippen LogP contribution in [0.4, 0.5) is 0 Å². The predicted molar refractivity (Wildman–Crippen MR) is 222 cm³/mol. The van der Waals surface area contributed by atoms with E-state index in [1.54, 1.807) is 0 Å². The van der Waals surface area contributed by atoms with Crippen molar-refractivity contribution in [3.05, 3.63) is 113 Å². The maximum absolute atomic E-state index is 9.94. The van der Waals surface area contributed by atoms with Gasteiger partial charge in [0.05, 0.1) is 23.5 Å². The molecule has 0 aromatic heterocycles. The third kappa shape index (κ3) is 8.88. The number of unbranched alkanes of at least 4 members (excludes halogenated alkanes) is 2. The Balaban J connectivity index is 1.38. The van der Waals surface area contributed by atoms with Crippen molar-refractivity contribution in [2.45, 2.75) is 113 Å². The first-order valence-corrected chi connectivity index (χ1v) is 21.5. The van der Waals surface area contributed by atoms with Crippen molar-refractivity contribution >= 4 is 17.5 Å². The number of aryl methyl sites for hydroxylation is 2. The largest absolute Gasteiger partial charge is 0.460 e. The number of allylic oxidation sites excluding steroid dienone is 1. The molecule has 6 atom stereocenters. The van der Waals surface area contributed by atoms with Crippen molar-refractivity contribution in [1.29, 1.82) is 0 Å². The van der Waals surface area contributed by atoms with Gasteiger partial charge in [-0.25, -0.2) is 0 Å². The Labute approximate surface area is 332 Å². The smallest absolute Gasteiger partial charge is 0.230 e. The number of rotatable bonds is 18. The summed E-state index contributed by atoms with van der Waals surface area (Å²) in [5.41, 5.74) is 6.77. The maximum atomic E-state index is 9.94. The van der Waals surface area contributed by atoms with E-state index in [-0.39, 0.29) is 42.1 Å². The molecule has 0 radical (unpaired) electrons. The van der Waals surface area contributed by atoms with Crippen LogP contribution in [-0.4, -0.2) is 52.0 Å². The second kappa shape index (κ2) is 18.6.